The number of ether oxygens (including phenoxy) is 1. The van der Waals surface area contributed by atoms with Crippen LogP contribution >= 0.6 is 23.2 Å². The maximum absolute atomic E-state index is 13.1. The Labute approximate surface area is 186 Å². The van der Waals surface area contributed by atoms with Gasteiger partial charge in [0.15, 0.2) is 0 Å². The largest absolute Gasteiger partial charge is 0.456 e. The summed E-state index contributed by atoms with van der Waals surface area (Å²) in [6.45, 7) is 0.0779. The lowest BCUT2D eigenvalue weighted by Crippen LogP contribution is -2.11. The SMILES string of the molecule is Cn1nc(C(=O)Cn2cnc3cc(Cl)c(Cl)cc32)c2ccc(Oc3cccnc3)cc21. The quantitative estimate of drug-likeness (QED) is 0.339. The summed E-state index contributed by atoms with van der Waals surface area (Å²) in [6, 6.07) is 12.5. The molecule has 0 saturated carbocycles. The van der Waals surface area contributed by atoms with Crippen LogP contribution in [-0.4, -0.2) is 30.1 Å². The van der Waals surface area contributed by atoms with Crippen LogP contribution in [0.15, 0.2) is 61.2 Å². The summed E-state index contributed by atoms with van der Waals surface area (Å²) in [5, 5.41) is 6.03. The number of imidazole rings is 1. The van der Waals surface area contributed by atoms with Gasteiger partial charge in [-0.2, -0.15) is 5.10 Å². The van der Waals surface area contributed by atoms with Crippen LogP contribution in [0.4, 0.5) is 0 Å². The van der Waals surface area contributed by atoms with E-state index in [-0.39, 0.29) is 12.3 Å². The van der Waals surface area contributed by atoms with E-state index in [9.17, 15) is 4.79 Å². The first-order valence-electron chi connectivity index (χ1n) is 9.37. The summed E-state index contributed by atoms with van der Waals surface area (Å²) >= 11 is 12.2. The molecule has 0 fully saturated rings. The van der Waals surface area contributed by atoms with Crippen molar-refractivity contribution in [1.29, 1.82) is 0 Å². The smallest absolute Gasteiger partial charge is 0.203 e. The zero-order chi connectivity index (χ0) is 21.5. The minimum absolute atomic E-state index is 0.0779. The second-order valence-electron chi connectivity index (χ2n) is 6.99. The number of carbonyl (C=O) groups is 1. The van der Waals surface area contributed by atoms with Crippen LogP contribution in [-0.2, 0) is 13.6 Å². The average Bonchev–Trinajstić information content (AvgIpc) is 3.30. The number of aromatic nitrogens is 5. The topological polar surface area (TPSA) is 74.8 Å². The molecule has 5 rings (SSSR count). The Morgan fingerprint density at radius 1 is 1.06 bits per heavy atom. The van der Waals surface area contributed by atoms with E-state index in [4.69, 9.17) is 27.9 Å². The van der Waals surface area contributed by atoms with Crippen molar-refractivity contribution in [3.8, 4) is 11.5 Å². The monoisotopic (exact) mass is 451 g/mol. The molecule has 3 aromatic heterocycles. The van der Waals surface area contributed by atoms with Crippen LogP contribution < -0.4 is 4.74 Å². The molecule has 31 heavy (non-hydrogen) atoms. The van der Waals surface area contributed by atoms with E-state index in [1.807, 2.05) is 24.3 Å². The Hall–Kier alpha value is -3.42. The van der Waals surface area contributed by atoms with Gasteiger partial charge in [0.1, 0.15) is 17.2 Å². The summed E-state index contributed by atoms with van der Waals surface area (Å²) in [6.07, 6.45) is 4.92. The van der Waals surface area contributed by atoms with Gasteiger partial charge in [0.25, 0.3) is 0 Å². The lowest BCUT2D eigenvalue weighted by Gasteiger charge is -2.06. The van der Waals surface area contributed by atoms with E-state index < -0.39 is 0 Å². The number of hydrogen-bond acceptors (Lipinski definition) is 5. The second kappa shape index (κ2) is 7.68. The van der Waals surface area contributed by atoms with Crippen molar-refractivity contribution in [2.75, 3.05) is 0 Å². The van der Waals surface area contributed by atoms with Crippen LogP contribution in [0.3, 0.4) is 0 Å². The standard InChI is InChI=1S/C22H15Cl2N5O2/c1-28-19-7-13(31-14-3-2-6-25-10-14)4-5-15(19)22(27-28)21(30)11-29-12-26-18-8-16(23)17(24)9-20(18)29/h2-10,12H,11H2,1H3. The predicted octanol–water partition coefficient (Wildman–Crippen LogP) is 5.30. The Morgan fingerprint density at radius 2 is 1.90 bits per heavy atom. The molecule has 9 heteroatoms. The Kier molecular flexibility index (Phi) is 4.84. The molecule has 0 radical (unpaired) electrons. The third-order valence-electron chi connectivity index (χ3n) is 4.93. The lowest BCUT2D eigenvalue weighted by atomic mass is 10.1. The summed E-state index contributed by atoms with van der Waals surface area (Å²) in [4.78, 5) is 21.4. The molecular weight excluding hydrogens is 437 g/mol. The first kappa shape index (κ1) is 19.5. The molecule has 0 aliphatic carbocycles. The molecular formula is C22H15Cl2N5O2. The molecule has 0 atom stereocenters. The van der Waals surface area contributed by atoms with E-state index in [1.165, 1.54) is 0 Å². The number of aryl methyl sites for hydroxylation is 1. The maximum atomic E-state index is 13.1. The number of ketones is 1. The molecule has 0 amide bonds. The van der Waals surface area contributed by atoms with Gasteiger partial charge in [-0.15, -0.1) is 0 Å². The van der Waals surface area contributed by atoms with E-state index in [0.717, 1.165) is 16.4 Å². The highest BCUT2D eigenvalue weighted by Gasteiger charge is 2.18. The van der Waals surface area contributed by atoms with E-state index in [2.05, 4.69) is 15.1 Å². The van der Waals surface area contributed by atoms with E-state index in [0.29, 0.717) is 32.8 Å². The molecule has 2 aromatic carbocycles. The van der Waals surface area contributed by atoms with Gasteiger partial charge >= 0.3 is 0 Å². The summed E-state index contributed by atoms with van der Waals surface area (Å²) in [7, 11) is 1.79. The number of halogens is 2. The van der Waals surface area contributed by atoms with Crippen molar-refractivity contribution >= 4 is 50.9 Å². The Balaban J connectivity index is 1.46. The van der Waals surface area contributed by atoms with Crippen molar-refractivity contribution in [3.05, 3.63) is 76.9 Å². The molecule has 0 unspecified atom stereocenters. The Bertz CT molecular complexity index is 1440. The van der Waals surface area contributed by atoms with Crippen LogP contribution in [0.1, 0.15) is 10.5 Å². The van der Waals surface area contributed by atoms with Gasteiger partial charge in [0.05, 0.1) is 45.7 Å². The first-order chi connectivity index (χ1) is 15.0. The van der Waals surface area contributed by atoms with Crippen molar-refractivity contribution in [2.24, 2.45) is 7.05 Å². The predicted molar refractivity (Wildman–Crippen MR) is 119 cm³/mol. The number of carbonyl (C=O) groups excluding carboxylic acids is 1. The maximum Gasteiger partial charge on any atom is 0.203 e. The van der Waals surface area contributed by atoms with Crippen molar-refractivity contribution < 1.29 is 9.53 Å². The minimum atomic E-state index is -0.142. The molecule has 5 aromatic rings. The fraction of sp³-hybridized carbons (Fsp3) is 0.0909. The number of nitrogens with zero attached hydrogens (tertiary/aromatic N) is 5. The molecule has 0 spiro atoms. The minimum Gasteiger partial charge on any atom is -0.456 e. The molecule has 3 heterocycles. The fourth-order valence-corrected chi connectivity index (χ4v) is 3.77. The highest BCUT2D eigenvalue weighted by atomic mass is 35.5. The number of rotatable bonds is 5. The van der Waals surface area contributed by atoms with Gasteiger partial charge in [-0.05, 0) is 36.4 Å². The van der Waals surface area contributed by atoms with Crippen LogP contribution in [0.5, 0.6) is 11.5 Å². The third kappa shape index (κ3) is 3.62. The normalized spacial score (nSPS) is 11.3. The number of Topliss-reactive ketones (excluding diaryl/α,β-unsaturated/α-hetero) is 1. The number of hydrogen-bond donors (Lipinski definition) is 0. The second-order valence-corrected chi connectivity index (χ2v) is 7.81. The Morgan fingerprint density at radius 3 is 2.71 bits per heavy atom. The van der Waals surface area contributed by atoms with Gasteiger partial charge in [-0.1, -0.05) is 23.2 Å². The summed E-state index contributed by atoms with van der Waals surface area (Å²) < 4.78 is 9.25. The van der Waals surface area contributed by atoms with Crippen molar-refractivity contribution in [1.82, 2.24) is 24.3 Å². The van der Waals surface area contributed by atoms with Gasteiger partial charge in [0.2, 0.25) is 5.78 Å². The first-order valence-corrected chi connectivity index (χ1v) is 10.1. The van der Waals surface area contributed by atoms with E-state index >= 15 is 0 Å². The molecule has 0 N–H and O–H groups in total. The molecule has 154 valence electrons. The average molecular weight is 452 g/mol. The summed E-state index contributed by atoms with van der Waals surface area (Å²) in [5.41, 5.74) is 2.57. The van der Waals surface area contributed by atoms with Crippen LogP contribution in [0.25, 0.3) is 21.9 Å². The van der Waals surface area contributed by atoms with Gasteiger partial charge < -0.3 is 9.30 Å². The molecule has 0 aliphatic heterocycles. The lowest BCUT2D eigenvalue weighted by molar-refractivity contribution is 0.0969. The molecule has 0 saturated heterocycles. The van der Waals surface area contributed by atoms with Gasteiger partial charge in [-0.25, -0.2) is 4.98 Å². The van der Waals surface area contributed by atoms with E-state index in [1.54, 1.807) is 53.2 Å². The third-order valence-corrected chi connectivity index (χ3v) is 5.66. The highest BCUT2D eigenvalue weighted by molar-refractivity contribution is 6.42. The zero-order valence-electron chi connectivity index (χ0n) is 16.3. The van der Waals surface area contributed by atoms with Crippen molar-refractivity contribution in [3.63, 3.8) is 0 Å². The fourth-order valence-electron chi connectivity index (χ4n) is 3.46. The van der Waals surface area contributed by atoms with Crippen LogP contribution in [0, 0.1) is 0 Å². The van der Waals surface area contributed by atoms with Gasteiger partial charge in [0, 0.05) is 24.7 Å². The number of pyridine rings is 1. The zero-order valence-corrected chi connectivity index (χ0v) is 17.8. The van der Waals surface area contributed by atoms with Gasteiger partial charge in [-0.3, -0.25) is 14.5 Å². The molecule has 7 nitrogen and oxygen atoms in total. The summed E-state index contributed by atoms with van der Waals surface area (Å²) in [5.74, 6) is 1.12. The highest BCUT2D eigenvalue weighted by Crippen LogP contribution is 2.29. The van der Waals surface area contributed by atoms with Crippen molar-refractivity contribution in [2.45, 2.75) is 6.54 Å². The molecule has 0 bridgehead atoms. The van der Waals surface area contributed by atoms with Crippen LogP contribution in [0.2, 0.25) is 10.0 Å². The molecule has 0 aliphatic rings. The number of fused-ring (bicyclic) bond motifs is 2. The number of benzene rings is 2.